The Morgan fingerprint density at radius 3 is 2.89 bits per heavy atom. The summed E-state index contributed by atoms with van der Waals surface area (Å²) in [5.41, 5.74) is 0. The van der Waals surface area contributed by atoms with Gasteiger partial charge in [0.1, 0.15) is 0 Å². The van der Waals surface area contributed by atoms with Crippen molar-refractivity contribution < 1.29 is 13.6 Å². The number of rotatable bonds is 5. The van der Waals surface area contributed by atoms with Gasteiger partial charge in [0.05, 0.1) is 6.61 Å². The smallest absolute Gasteiger partial charge is 0.256 e. The minimum atomic E-state index is -2.04. The third kappa shape index (κ3) is 8.03. The summed E-state index contributed by atoms with van der Waals surface area (Å²) in [6, 6.07) is 0. The van der Waals surface area contributed by atoms with Crippen molar-refractivity contribution in [2.75, 3.05) is 6.61 Å². The van der Waals surface area contributed by atoms with Crippen LogP contribution in [0.15, 0.2) is 0 Å². The van der Waals surface area contributed by atoms with Gasteiger partial charge in [-0.3, -0.25) is 9.39 Å². The molecule has 1 unspecified atom stereocenters. The summed E-state index contributed by atoms with van der Waals surface area (Å²) >= 11 is -2.04. The van der Waals surface area contributed by atoms with Crippen LogP contribution >= 0.6 is 0 Å². The highest BCUT2D eigenvalue weighted by atomic mass is 32.2. The normalized spacial score (nSPS) is 13.6. The largest absolute Gasteiger partial charge is 0.292 e. The minimum Gasteiger partial charge on any atom is -0.292 e. The molecule has 0 saturated carbocycles. The maximum atomic E-state index is 9.84. The lowest BCUT2D eigenvalue weighted by Gasteiger charge is -1.97. The van der Waals surface area contributed by atoms with Crippen molar-refractivity contribution in [3.8, 4) is 0 Å². The molecular weight excluding hydrogens is 142 g/mol. The fourth-order valence-corrected chi connectivity index (χ4v) is 0.493. The Morgan fingerprint density at radius 1 is 1.78 bits per heavy atom. The second-order valence-electron chi connectivity index (χ2n) is 1.53. The summed E-state index contributed by atoms with van der Waals surface area (Å²) in [7, 11) is 0. The lowest BCUT2D eigenvalue weighted by molar-refractivity contribution is 0.0897. The Labute approximate surface area is 57.0 Å². The predicted molar refractivity (Wildman–Crippen MR) is 34.8 cm³/mol. The van der Waals surface area contributed by atoms with E-state index in [-0.39, 0.29) is 0 Å². The van der Waals surface area contributed by atoms with E-state index < -0.39 is 11.3 Å². The van der Waals surface area contributed by atoms with Gasteiger partial charge in [-0.25, -0.2) is 4.21 Å². The van der Waals surface area contributed by atoms with Gasteiger partial charge in [0.25, 0.3) is 11.3 Å². The molecule has 0 aliphatic carbocycles. The highest BCUT2D eigenvalue weighted by Gasteiger charge is 1.88. The molecule has 0 bridgehead atoms. The lowest BCUT2D eigenvalue weighted by Crippen LogP contribution is -2.17. The van der Waals surface area contributed by atoms with Gasteiger partial charge in [0.15, 0.2) is 0 Å². The molecule has 0 saturated heterocycles. The van der Waals surface area contributed by atoms with E-state index >= 15 is 0 Å². The Morgan fingerprint density at radius 2 is 2.44 bits per heavy atom. The fourth-order valence-electron chi connectivity index (χ4n) is 0.309. The zero-order valence-electron chi connectivity index (χ0n) is 5.29. The zero-order chi connectivity index (χ0) is 7.11. The summed E-state index contributed by atoms with van der Waals surface area (Å²) in [5.74, 6) is 0. The van der Waals surface area contributed by atoms with Gasteiger partial charge < -0.3 is 0 Å². The van der Waals surface area contributed by atoms with Crippen LogP contribution in [0.3, 0.4) is 0 Å². The van der Waals surface area contributed by atoms with E-state index in [1.54, 1.807) is 0 Å². The van der Waals surface area contributed by atoms with Crippen LogP contribution in [0.1, 0.15) is 19.8 Å². The van der Waals surface area contributed by atoms with Gasteiger partial charge in [-0.1, -0.05) is 18.2 Å². The Hall–Kier alpha value is 0.0300. The molecule has 1 atom stereocenters. The quantitative estimate of drug-likeness (QED) is 0.342. The fraction of sp³-hybridized carbons (Fsp3) is 1.00. The van der Waals surface area contributed by atoms with Crippen LogP contribution in [0.2, 0.25) is 0 Å². The third-order valence-corrected chi connectivity index (χ3v) is 0.991. The maximum absolute atomic E-state index is 9.84. The molecule has 0 aromatic heterocycles. The Kier molecular flexibility index (Phi) is 6.18. The van der Waals surface area contributed by atoms with Crippen molar-refractivity contribution in [1.29, 1.82) is 0 Å². The molecule has 0 heterocycles. The van der Waals surface area contributed by atoms with Gasteiger partial charge in [-0.05, 0) is 6.42 Å². The van der Waals surface area contributed by atoms with Crippen molar-refractivity contribution in [3.05, 3.63) is 0 Å². The number of nitrogens with one attached hydrogen (secondary N) is 1. The Bertz CT molecular complexity index is 87.9. The molecule has 0 fully saturated rings. The van der Waals surface area contributed by atoms with Gasteiger partial charge in [-0.15, -0.1) is 0 Å². The summed E-state index contributed by atoms with van der Waals surface area (Å²) in [6.07, 6.45) is 1.91. The van der Waals surface area contributed by atoms with Crippen LogP contribution in [0.4, 0.5) is 0 Å². The summed E-state index contributed by atoms with van der Waals surface area (Å²) in [5, 5.41) is 0. The van der Waals surface area contributed by atoms with Crippen LogP contribution < -0.4 is 4.89 Å². The van der Waals surface area contributed by atoms with Crippen LogP contribution in [-0.2, 0) is 16.1 Å². The second-order valence-corrected chi connectivity index (χ2v) is 2.20. The van der Waals surface area contributed by atoms with Gasteiger partial charge in [0, 0.05) is 0 Å². The molecule has 56 valence electrons. The van der Waals surface area contributed by atoms with Crippen LogP contribution in [0, 0.1) is 0 Å². The van der Waals surface area contributed by atoms with Gasteiger partial charge >= 0.3 is 0 Å². The van der Waals surface area contributed by atoms with Crippen molar-refractivity contribution in [3.63, 3.8) is 0 Å². The first-order valence-electron chi connectivity index (χ1n) is 2.75. The first-order valence-corrected chi connectivity index (χ1v) is 3.86. The number of hydrogen-bond donors (Lipinski definition) is 2. The minimum absolute atomic E-state index is 0.475. The van der Waals surface area contributed by atoms with E-state index in [4.69, 9.17) is 4.55 Å². The predicted octanol–water partition coefficient (Wildman–Crippen LogP) is 0.444. The van der Waals surface area contributed by atoms with Crippen LogP contribution in [0.5, 0.6) is 0 Å². The van der Waals surface area contributed by atoms with E-state index in [0.29, 0.717) is 6.61 Å². The third-order valence-electron chi connectivity index (χ3n) is 0.730. The lowest BCUT2D eigenvalue weighted by atomic mass is 10.4. The molecule has 0 radical (unpaired) electrons. The first kappa shape index (κ1) is 9.03. The summed E-state index contributed by atoms with van der Waals surface area (Å²) in [6.45, 7) is 2.49. The highest BCUT2D eigenvalue weighted by molar-refractivity contribution is 7.76. The number of hydrogen-bond acceptors (Lipinski definition) is 2. The van der Waals surface area contributed by atoms with Gasteiger partial charge in [-0.2, -0.15) is 0 Å². The molecule has 0 amide bonds. The molecule has 0 spiro atoms. The van der Waals surface area contributed by atoms with Crippen molar-refractivity contribution in [2.45, 2.75) is 19.8 Å². The van der Waals surface area contributed by atoms with Crippen molar-refractivity contribution in [2.24, 2.45) is 0 Å². The average molecular weight is 153 g/mol. The number of unbranched alkanes of at least 4 members (excludes halogenated alkanes) is 1. The molecule has 0 rings (SSSR count). The standard InChI is InChI=1S/C4H11NO3S/c1-2-3-4-8-5-9(6)7/h5H,2-4H2,1H3,(H,6,7). The van der Waals surface area contributed by atoms with Crippen molar-refractivity contribution >= 4 is 11.3 Å². The maximum Gasteiger partial charge on any atom is 0.256 e. The summed E-state index contributed by atoms with van der Waals surface area (Å²) in [4.78, 5) is 6.44. The van der Waals surface area contributed by atoms with Gasteiger partial charge in [0.2, 0.25) is 0 Å². The molecule has 5 heteroatoms. The van der Waals surface area contributed by atoms with E-state index in [1.807, 2.05) is 11.8 Å². The highest BCUT2D eigenvalue weighted by Crippen LogP contribution is 1.84. The molecule has 0 aromatic rings. The molecule has 0 aliphatic rings. The molecule has 0 aromatic carbocycles. The SMILES string of the molecule is CCCCONS(=O)O. The van der Waals surface area contributed by atoms with E-state index in [1.165, 1.54) is 0 Å². The topological polar surface area (TPSA) is 58.6 Å². The monoisotopic (exact) mass is 153 g/mol. The molecular formula is C4H11NO3S. The van der Waals surface area contributed by atoms with E-state index in [2.05, 4.69) is 4.84 Å². The molecule has 2 N–H and O–H groups in total. The molecule has 0 aliphatic heterocycles. The average Bonchev–Trinajstić information content (AvgIpc) is 1.80. The molecule has 9 heavy (non-hydrogen) atoms. The Balaban J connectivity index is 2.83. The first-order chi connectivity index (χ1) is 4.27. The van der Waals surface area contributed by atoms with Crippen molar-refractivity contribution in [1.82, 2.24) is 4.89 Å². The second kappa shape index (κ2) is 6.15. The van der Waals surface area contributed by atoms with E-state index in [0.717, 1.165) is 12.8 Å². The van der Waals surface area contributed by atoms with Crippen LogP contribution in [0.25, 0.3) is 0 Å². The van der Waals surface area contributed by atoms with Crippen LogP contribution in [-0.4, -0.2) is 15.4 Å². The summed E-state index contributed by atoms with van der Waals surface area (Å²) < 4.78 is 17.9. The van der Waals surface area contributed by atoms with E-state index in [9.17, 15) is 4.21 Å². The molecule has 4 nitrogen and oxygen atoms in total. The zero-order valence-corrected chi connectivity index (χ0v) is 6.11.